The summed E-state index contributed by atoms with van der Waals surface area (Å²) in [6.07, 6.45) is 7.48. The quantitative estimate of drug-likeness (QED) is 0.164. The molecule has 0 N–H and O–H groups in total. The van der Waals surface area contributed by atoms with Crippen molar-refractivity contribution < 1.29 is 13.9 Å². The minimum absolute atomic E-state index is 0.0574. The van der Waals surface area contributed by atoms with Gasteiger partial charge in [-0.1, -0.05) is 48.5 Å². The highest BCUT2D eigenvalue weighted by Crippen LogP contribution is 2.47. The summed E-state index contributed by atoms with van der Waals surface area (Å²) in [5.74, 6) is -0.336. The van der Waals surface area contributed by atoms with Gasteiger partial charge in [-0.3, -0.25) is 9.78 Å². The zero-order valence-corrected chi connectivity index (χ0v) is 26.3. The lowest BCUT2D eigenvalue weighted by Crippen LogP contribution is -2.56. The second-order valence-corrected chi connectivity index (χ2v) is 13.0. The molecule has 0 bridgehead atoms. The molecular weight excluding hydrogens is 605 g/mol. The van der Waals surface area contributed by atoms with Gasteiger partial charge in [-0.25, -0.2) is 11.0 Å². The molecule has 2 saturated heterocycles. The van der Waals surface area contributed by atoms with Crippen LogP contribution >= 0.6 is 11.6 Å². The van der Waals surface area contributed by atoms with E-state index >= 15 is 4.39 Å². The van der Waals surface area contributed by atoms with E-state index in [2.05, 4.69) is 26.3 Å². The Kier molecular flexibility index (Phi) is 8.22. The number of halogens is 2. The van der Waals surface area contributed by atoms with E-state index in [1.165, 1.54) is 18.9 Å². The van der Waals surface area contributed by atoms with Crippen LogP contribution in [0.2, 0.25) is 5.02 Å². The fourth-order valence-electron chi connectivity index (χ4n) is 6.88. The molecule has 11 heteroatoms. The number of hydrogen-bond donors (Lipinski definition) is 0. The van der Waals surface area contributed by atoms with Gasteiger partial charge in [0.2, 0.25) is 12.5 Å². The molecular formula is C35H35ClFN7O2. The third kappa shape index (κ3) is 5.74. The Balaban J connectivity index is 1.30. The lowest BCUT2D eigenvalue weighted by atomic mass is 10.0. The number of benzene rings is 2. The predicted octanol–water partition coefficient (Wildman–Crippen LogP) is 6.01. The first-order valence-electron chi connectivity index (χ1n) is 15.8. The Labute approximate surface area is 272 Å². The fraction of sp³-hybridized carbons (Fsp3) is 0.400. The molecule has 9 nitrogen and oxygen atoms in total. The number of likely N-dealkylation sites (tertiary alicyclic amines) is 1. The summed E-state index contributed by atoms with van der Waals surface area (Å²) in [5, 5.41) is 2.53. The van der Waals surface area contributed by atoms with Gasteiger partial charge in [-0.2, -0.15) is 9.97 Å². The average molecular weight is 640 g/mol. The van der Waals surface area contributed by atoms with E-state index in [-0.39, 0.29) is 41.1 Å². The topological polar surface area (TPSA) is 79.1 Å². The second-order valence-electron chi connectivity index (χ2n) is 12.6. The van der Waals surface area contributed by atoms with Crippen molar-refractivity contribution in [3.05, 3.63) is 77.5 Å². The van der Waals surface area contributed by atoms with Crippen molar-refractivity contribution in [2.45, 2.75) is 31.7 Å². The highest BCUT2D eigenvalue weighted by atomic mass is 35.5. The van der Waals surface area contributed by atoms with Crippen molar-refractivity contribution in [2.24, 2.45) is 5.41 Å². The van der Waals surface area contributed by atoms with Gasteiger partial charge in [-0.05, 0) is 56.3 Å². The largest absolute Gasteiger partial charge is 0.463 e. The lowest BCUT2D eigenvalue weighted by Gasteiger charge is -2.39. The van der Waals surface area contributed by atoms with E-state index in [0.29, 0.717) is 53.4 Å². The molecule has 0 radical (unpaired) electrons. The molecule has 3 aliphatic rings. The number of nitrogens with zero attached hydrogens (tertiary/aromatic N) is 7. The van der Waals surface area contributed by atoms with Gasteiger partial charge in [0.05, 0.1) is 12.0 Å². The number of anilines is 1. The average Bonchev–Trinajstić information content (AvgIpc) is 3.64. The third-order valence-corrected chi connectivity index (χ3v) is 9.83. The van der Waals surface area contributed by atoms with E-state index in [1.807, 2.05) is 35.2 Å². The number of amides is 1. The van der Waals surface area contributed by atoms with Crippen molar-refractivity contribution in [2.75, 3.05) is 57.3 Å². The molecule has 2 aromatic carbocycles. The Morgan fingerprint density at radius 1 is 1.15 bits per heavy atom. The van der Waals surface area contributed by atoms with Crippen LogP contribution in [0.4, 0.5) is 10.2 Å². The first-order chi connectivity index (χ1) is 22.4. The van der Waals surface area contributed by atoms with Crippen molar-refractivity contribution in [1.29, 1.82) is 0 Å². The minimum Gasteiger partial charge on any atom is -0.463 e. The summed E-state index contributed by atoms with van der Waals surface area (Å²) in [5.41, 5.74) is 0.870. The number of aromatic nitrogens is 3. The standard InChI is InChI=1S/C35H35ClFN7O2/c1-3-28(45)44-17-16-43(20-24(44)18-38-2)33-26-19-39-31(25-10-6-8-23-9-7-11-27(36)29(23)25)30(37)32(26)40-34(41-33)46-22-35(12-13-35)21-42-14-4-5-15-42/h3,6-11,19,24H,1,4-5,12-18,20-22H2/t24-/m0/s1. The number of rotatable bonds is 9. The van der Waals surface area contributed by atoms with Gasteiger partial charge in [0.15, 0.2) is 5.82 Å². The number of hydrogen-bond acceptors (Lipinski definition) is 7. The van der Waals surface area contributed by atoms with Crippen LogP contribution in [0, 0.1) is 17.8 Å². The zero-order chi connectivity index (χ0) is 31.8. The summed E-state index contributed by atoms with van der Waals surface area (Å²) in [4.78, 5) is 36.4. The summed E-state index contributed by atoms with van der Waals surface area (Å²) >= 11 is 6.61. The summed E-state index contributed by atoms with van der Waals surface area (Å²) in [6, 6.07) is 10.9. The number of ether oxygens (including phenoxy) is 1. The Bertz CT molecular complexity index is 1860. The molecule has 4 heterocycles. The molecule has 4 aromatic rings. The maximum atomic E-state index is 16.7. The van der Waals surface area contributed by atoms with Crippen LogP contribution in [-0.2, 0) is 4.79 Å². The zero-order valence-electron chi connectivity index (χ0n) is 25.6. The van der Waals surface area contributed by atoms with E-state index in [4.69, 9.17) is 27.9 Å². The van der Waals surface area contributed by atoms with Crippen LogP contribution in [0.3, 0.4) is 0 Å². The second kappa shape index (κ2) is 12.5. The van der Waals surface area contributed by atoms with E-state index in [0.717, 1.165) is 37.9 Å². The molecule has 1 saturated carbocycles. The van der Waals surface area contributed by atoms with Crippen LogP contribution in [0.1, 0.15) is 25.7 Å². The van der Waals surface area contributed by atoms with E-state index < -0.39 is 5.82 Å². The normalized spacial score (nSPS) is 19.4. The molecule has 7 rings (SSSR count). The van der Waals surface area contributed by atoms with Crippen LogP contribution in [0.15, 0.2) is 55.3 Å². The van der Waals surface area contributed by atoms with Crippen molar-refractivity contribution in [3.63, 3.8) is 0 Å². The Morgan fingerprint density at radius 2 is 1.93 bits per heavy atom. The van der Waals surface area contributed by atoms with Crippen molar-refractivity contribution in [3.8, 4) is 17.3 Å². The molecule has 1 atom stereocenters. The molecule has 46 heavy (non-hydrogen) atoms. The van der Waals surface area contributed by atoms with Crippen LogP contribution in [-0.4, -0.2) is 89.1 Å². The van der Waals surface area contributed by atoms with Gasteiger partial charge in [0.1, 0.15) is 23.1 Å². The molecule has 0 spiro atoms. The Hall–Kier alpha value is -4.33. The summed E-state index contributed by atoms with van der Waals surface area (Å²) in [7, 11) is 0. The highest BCUT2D eigenvalue weighted by Gasteiger charge is 2.45. The first-order valence-corrected chi connectivity index (χ1v) is 16.2. The molecule has 2 aromatic heterocycles. The number of piperazine rings is 1. The third-order valence-electron chi connectivity index (χ3n) is 9.52. The first kappa shape index (κ1) is 30.3. The SMILES string of the molecule is [C-]#[N+]C[C@H]1CN(c2nc(OCC3(CN4CCCC4)CC3)nc3c(F)c(-c4cccc5cccc(Cl)c45)ncc23)CCN1C(=O)C=C. The predicted molar refractivity (Wildman–Crippen MR) is 177 cm³/mol. The summed E-state index contributed by atoms with van der Waals surface area (Å²) in [6.45, 7) is 16.0. The van der Waals surface area contributed by atoms with Gasteiger partial charge in [-0.15, -0.1) is 0 Å². The molecule has 0 unspecified atom stereocenters. The fourth-order valence-corrected chi connectivity index (χ4v) is 7.17. The summed E-state index contributed by atoms with van der Waals surface area (Å²) < 4.78 is 23.0. The number of carbonyl (C=O) groups excluding carboxylic acids is 1. The van der Waals surface area contributed by atoms with Gasteiger partial charge < -0.3 is 24.3 Å². The highest BCUT2D eigenvalue weighted by molar-refractivity contribution is 6.36. The van der Waals surface area contributed by atoms with Gasteiger partial charge in [0, 0.05) is 53.8 Å². The maximum absolute atomic E-state index is 16.7. The smallest absolute Gasteiger partial charge is 0.319 e. The Morgan fingerprint density at radius 3 is 2.67 bits per heavy atom. The molecule has 3 fully saturated rings. The maximum Gasteiger partial charge on any atom is 0.319 e. The van der Waals surface area contributed by atoms with Crippen molar-refractivity contribution >= 4 is 45.0 Å². The number of carbonyl (C=O) groups is 1. The van der Waals surface area contributed by atoms with Crippen LogP contribution in [0.5, 0.6) is 6.01 Å². The lowest BCUT2D eigenvalue weighted by molar-refractivity contribution is -0.128. The van der Waals surface area contributed by atoms with Crippen molar-refractivity contribution in [1.82, 2.24) is 24.8 Å². The minimum atomic E-state index is -0.588. The van der Waals surface area contributed by atoms with E-state index in [1.54, 1.807) is 17.2 Å². The molecule has 1 amide bonds. The van der Waals surface area contributed by atoms with Gasteiger partial charge >= 0.3 is 6.01 Å². The molecule has 236 valence electrons. The molecule has 2 aliphatic heterocycles. The monoisotopic (exact) mass is 639 g/mol. The van der Waals surface area contributed by atoms with E-state index in [9.17, 15) is 4.79 Å². The number of fused-ring (bicyclic) bond motifs is 2. The molecule has 1 aliphatic carbocycles. The van der Waals surface area contributed by atoms with Gasteiger partial charge in [0.25, 0.3) is 0 Å². The van der Waals surface area contributed by atoms with Crippen LogP contribution in [0.25, 0.3) is 37.8 Å². The number of pyridine rings is 1. The van der Waals surface area contributed by atoms with Crippen LogP contribution < -0.4 is 9.64 Å².